The average molecular weight is 284 g/mol. The van der Waals surface area contributed by atoms with Gasteiger partial charge < -0.3 is 4.74 Å². The van der Waals surface area contributed by atoms with Crippen molar-refractivity contribution >= 4 is 11.6 Å². The van der Waals surface area contributed by atoms with Gasteiger partial charge in [0, 0.05) is 11.8 Å². The minimum atomic E-state index is 0.459. The van der Waals surface area contributed by atoms with Crippen LogP contribution in [0.3, 0.4) is 0 Å². The van der Waals surface area contributed by atoms with E-state index < -0.39 is 0 Å². The molecule has 1 rings (SSSR count). The Kier molecular flexibility index (Phi) is 9.52. The highest BCUT2D eigenvalue weighted by molar-refractivity contribution is 6.17. The maximum absolute atomic E-state index is 5.84. The summed E-state index contributed by atoms with van der Waals surface area (Å²) in [5, 5.41) is 0. The van der Waals surface area contributed by atoms with Gasteiger partial charge in [-0.2, -0.15) is 0 Å². The number of halogens is 1. The molecule has 0 aromatic carbocycles. The van der Waals surface area contributed by atoms with Gasteiger partial charge in [-0.3, -0.25) is 0 Å². The van der Waals surface area contributed by atoms with Crippen molar-refractivity contribution in [1.29, 1.82) is 0 Å². The molecule has 108 valence electrons. The number of alkyl halides is 1. The van der Waals surface area contributed by atoms with Crippen molar-refractivity contribution in [2.75, 3.05) is 6.61 Å². The Balaban J connectivity index is 2.01. The molecule has 0 amide bonds. The summed E-state index contributed by atoms with van der Waals surface area (Å²) in [6, 6.07) is 3.85. The lowest BCUT2D eigenvalue weighted by Crippen LogP contribution is -2.01. The molecule has 0 N–H and O–H groups in total. The van der Waals surface area contributed by atoms with Gasteiger partial charge in [-0.1, -0.05) is 57.9 Å². The van der Waals surface area contributed by atoms with Crippen molar-refractivity contribution in [3.8, 4) is 5.88 Å². The molecule has 0 fully saturated rings. The smallest absolute Gasteiger partial charge is 0.217 e. The van der Waals surface area contributed by atoms with Crippen LogP contribution in [0.1, 0.15) is 63.9 Å². The first-order valence-electron chi connectivity index (χ1n) is 7.51. The number of ether oxygens (including phenoxy) is 1. The van der Waals surface area contributed by atoms with Crippen molar-refractivity contribution in [2.24, 2.45) is 0 Å². The molecule has 1 heterocycles. The fourth-order valence-electron chi connectivity index (χ4n) is 2.06. The van der Waals surface area contributed by atoms with Gasteiger partial charge in [0.05, 0.1) is 12.5 Å². The first kappa shape index (κ1) is 16.3. The molecule has 19 heavy (non-hydrogen) atoms. The van der Waals surface area contributed by atoms with E-state index in [2.05, 4.69) is 11.9 Å². The summed E-state index contributed by atoms with van der Waals surface area (Å²) in [5.74, 6) is 1.15. The molecule has 1 aromatic rings. The van der Waals surface area contributed by atoms with Crippen molar-refractivity contribution in [2.45, 2.75) is 64.2 Å². The highest BCUT2D eigenvalue weighted by Crippen LogP contribution is 2.17. The molecule has 0 saturated carbocycles. The number of nitrogens with zero attached hydrogens (tertiary/aromatic N) is 1. The minimum absolute atomic E-state index is 0.459. The molecular formula is C16H26ClNO. The molecule has 0 radical (unpaired) electrons. The number of pyridine rings is 1. The molecule has 1 aromatic heterocycles. The summed E-state index contributed by atoms with van der Waals surface area (Å²) in [5.41, 5.74) is 0.976. The van der Waals surface area contributed by atoms with E-state index in [1.54, 1.807) is 6.20 Å². The van der Waals surface area contributed by atoms with E-state index in [0.717, 1.165) is 18.6 Å². The summed E-state index contributed by atoms with van der Waals surface area (Å²) in [6.45, 7) is 3.00. The van der Waals surface area contributed by atoms with Crippen LogP contribution >= 0.6 is 11.6 Å². The molecule has 0 spiro atoms. The van der Waals surface area contributed by atoms with Crippen LogP contribution < -0.4 is 4.74 Å². The summed E-state index contributed by atoms with van der Waals surface area (Å²) in [7, 11) is 0. The topological polar surface area (TPSA) is 22.1 Å². The zero-order valence-electron chi connectivity index (χ0n) is 12.0. The second-order valence-electron chi connectivity index (χ2n) is 4.92. The third-order valence-electron chi connectivity index (χ3n) is 3.23. The van der Waals surface area contributed by atoms with Crippen LogP contribution in [-0.2, 0) is 5.88 Å². The van der Waals surface area contributed by atoms with E-state index in [1.807, 2.05) is 12.1 Å². The van der Waals surface area contributed by atoms with Gasteiger partial charge in [0.25, 0.3) is 0 Å². The van der Waals surface area contributed by atoms with Gasteiger partial charge >= 0.3 is 0 Å². The molecule has 0 saturated heterocycles. The van der Waals surface area contributed by atoms with Gasteiger partial charge in [0.15, 0.2) is 0 Å². The summed E-state index contributed by atoms with van der Waals surface area (Å²) in [6.07, 6.45) is 12.2. The Bertz CT molecular complexity index is 330. The largest absolute Gasteiger partial charge is 0.477 e. The Labute approximate surface area is 122 Å². The van der Waals surface area contributed by atoms with Crippen molar-refractivity contribution in [3.63, 3.8) is 0 Å². The SMILES string of the molecule is CCCCCCCCCCOc1ncccc1CCl. The summed E-state index contributed by atoms with van der Waals surface area (Å²) in [4.78, 5) is 4.21. The fourth-order valence-corrected chi connectivity index (χ4v) is 2.26. The molecule has 3 heteroatoms. The number of rotatable bonds is 11. The average Bonchev–Trinajstić information content (AvgIpc) is 2.46. The Morgan fingerprint density at radius 1 is 1.05 bits per heavy atom. The Morgan fingerprint density at radius 3 is 2.42 bits per heavy atom. The number of unbranched alkanes of at least 4 members (excludes halogenated alkanes) is 7. The zero-order chi connectivity index (χ0) is 13.8. The van der Waals surface area contributed by atoms with E-state index >= 15 is 0 Å². The Hall–Kier alpha value is -0.760. The van der Waals surface area contributed by atoms with Crippen molar-refractivity contribution in [1.82, 2.24) is 4.98 Å². The molecule has 0 unspecified atom stereocenters. The number of aromatic nitrogens is 1. The first-order chi connectivity index (χ1) is 9.38. The third-order valence-corrected chi connectivity index (χ3v) is 3.52. The van der Waals surface area contributed by atoms with Crippen LogP contribution in [0.2, 0.25) is 0 Å². The monoisotopic (exact) mass is 283 g/mol. The summed E-state index contributed by atoms with van der Waals surface area (Å²) < 4.78 is 5.68. The number of hydrogen-bond donors (Lipinski definition) is 0. The molecule has 0 atom stereocenters. The van der Waals surface area contributed by atoms with Crippen LogP contribution in [0.15, 0.2) is 18.3 Å². The van der Waals surface area contributed by atoms with E-state index in [9.17, 15) is 0 Å². The summed E-state index contributed by atoms with van der Waals surface area (Å²) >= 11 is 5.84. The Morgan fingerprint density at radius 2 is 1.74 bits per heavy atom. The lowest BCUT2D eigenvalue weighted by molar-refractivity contribution is 0.291. The molecule has 0 aliphatic carbocycles. The van der Waals surface area contributed by atoms with Crippen LogP contribution in [0.5, 0.6) is 5.88 Å². The van der Waals surface area contributed by atoms with Gasteiger partial charge in [-0.25, -0.2) is 4.98 Å². The lowest BCUT2D eigenvalue weighted by Gasteiger charge is -2.08. The molecule has 0 aliphatic heterocycles. The maximum atomic E-state index is 5.84. The van der Waals surface area contributed by atoms with Crippen molar-refractivity contribution in [3.05, 3.63) is 23.9 Å². The second kappa shape index (κ2) is 11.1. The van der Waals surface area contributed by atoms with Gasteiger partial charge in [0.2, 0.25) is 5.88 Å². The highest BCUT2D eigenvalue weighted by Gasteiger charge is 2.02. The van der Waals surface area contributed by atoms with E-state index in [4.69, 9.17) is 16.3 Å². The standard InChI is InChI=1S/C16H26ClNO/c1-2-3-4-5-6-7-8-9-13-19-16-15(14-17)11-10-12-18-16/h10-12H,2-9,13-14H2,1H3. The second-order valence-corrected chi connectivity index (χ2v) is 5.19. The van der Waals surface area contributed by atoms with E-state index in [-0.39, 0.29) is 0 Å². The predicted molar refractivity (Wildman–Crippen MR) is 81.9 cm³/mol. The molecule has 0 bridgehead atoms. The first-order valence-corrected chi connectivity index (χ1v) is 8.04. The van der Waals surface area contributed by atoms with E-state index in [0.29, 0.717) is 11.8 Å². The lowest BCUT2D eigenvalue weighted by atomic mass is 10.1. The molecule has 2 nitrogen and oxygen atoms in total. The quantitative estimate of drug-likeness (QED) is 0.404. The van der Waals surface area contributed by atoms with Crippen LogP contribution in [-0.4, -0.2) is 11.6 Å². The van der Waals surface area contributed by atoms with E-state index in [1.165, 1.54) is 44.9 Å². The predicted octanol–water partition coefficient (Wildman–Crippen LogP) is 5.34. The number of hydrogen-bond acceptors (Lipinski definition) is 2. The molecule has 0 aliphatic rings. The zero-order valence-corrected chi connectivity index (χ0v) is 12.8. The third kappa shape index (κ3) is 7.41. The fraction of sp³-hybridized carbons (Fsp3) is 0.688. The van der Waals surface area contributed by atoms with Gasteiger partial charge in [-0.05, 0) is 12.5 Å². The van der Waals surface area contributed by atoms with Crippen LogP contribution in [0.25, 0.3) is 0 Å². The maximum Gasteiger partial charge on any atom is 0.217 e. The highest BCUT2D eigenvalue weighted by atomic mass is 35.5. The normalized spacial score (nSPS) is 10.6. The van der Waals surface area contributed by atoms with Crippen LogP contribution in [0.4, 0.5) is 0 Å². The van der Waals surface area contributed by atoms with Gasteiger partial charge in [-0.15, -0.1) is 11.6 Å². The molecular weight excluding hydrogens is 258 g/mol. The van der Waals surface area contributed by atoms with Crippen molar-refractivity contribution < 1.29 is 4.74 Å². The van der Waals surface area contributed by atoms with Gasteiger partial charge in [0.1, 0.15) is 0 Å². The minimum Gasteiger partial charge on any atom is -0.477 e. The van der Waals surface area contributed by atoms with Crippen LogP contribution in [0, 0.1) is 0 Å².